The third-order valence-electron chi connectivity index (χ3n) is 5.50. The number of benzene rings is 2. The number of halogens is 1. The number of piperazine rings is 1. The molecule has 1 saturated heterocycles. The lowest BCUT2D eigenvalue weighted by Gasteiger charge is -2.36. The molecule has 0 bridgehead atoms. The second kappa shape index (κ2) is 8.95. The number of fused-ring (bicyclic) bond motifs is 2. The van der Waals surface area contributed by atoms with Crippen LogP contribution < -0.4 is 17.3 Å². The van der Waals surface area contributed by atoms with Gasteiger partial charge >= 0.3 is 6.03 Å². The first-order valence-corrected chi connectivity index (χ1v) is 9.75. The Balaban J connectivity index is 0.00000225. The highest BCUT2D eigenvalue weighted by atomic mass is 35.5. The minimum absolute atomic E-state index is 0. The zero-order valence-corrected chi connectivity index (χ0v) is 17.2. The predicted molar refractivity (Wildman–Crippen MR) is 108 cm³/mol. The van der Waals surface area contributed by atoms with Crippen LogP contribution in [-0.4, -0.2) is 55.7 Å². The number of hydrogen-bond acceptors (Lipinski definition) is 3. The first-order chi connectivity index (χ1) is 13.2. The van der Waals surface area contributed by atoms with Crippen LogP contribution in [0.1, 0.15) is 24.2 Å². The number of urea groups is 1. The summed E-state index contributed by atoms with van der Waals surface area (Å²) in [7, 11) is 2.10. The molecule has 1 atom stereocenters. The molecule has 0 N–H and O–H groups in total. The van der Waals surface area contributed by atoms with Gasteiger partial charge in [0.15, 0.2) is 0 Å². The summed E-state index contributed by atoms with van der Waals surface area (Å²) in [5.74, 6) is 0. The van der Waals surface area contributed by atoms with Gasteiger partial charge in [-0.2, -0.15) is 0 Å². The minimum Gasteiger partial charge on any atom is -1.00 e. The molecular weight excluding hydrogens is 374 g/mol. The summed E-state index contributed by atoms with van der Waals surface area (Å²) in [5.41, 5.74) is 4.13. The molecule has 0 spiro atoms. The molecule has 1 fully saturated rings. The molecule has 0 saturated carbocycles. The molecule has 2 amide bonds. The lowest BCUT2D eigenvalue weighted by atomic mass is 10.0. The van der Waals surface area contributed by atoms with Gasteiger partial charge in [-0.1, -0.05) is 36.4 Å². The van der Waals surface area contributed by atoms with Gasteiger partial charge in [-0.15, -0.1) is 0 Å². The molecular formula is C22H27ClN3O2-. The Morgan fingerprint density at radius 3 is 2.36 bits per heavy atom. The standard InChI is InChI=1S/C22H27N3O2.ClH/c1-3-27-21-16-17-8-4-6-10-19(17)25(20-11-7-5-9-18(20)21)22(26)24-14-12-23(2)13-15-24;/h4-11,21H,3,12-16H2,1-2H3;1H/p-1. The van der Waals surface area contributed by atoms with Gasteiger partial charge in [-0.05, 0) is 31.7 Å². The first-order valence-electron chi connectivity index (χ1n) is 9.75. The second-order valence-corrected chi connectivity index (χ2v) is 7.24. The molecule has 2 aromatic carbocycles. The maximum absolute atomic E-state index is 13.6. The van der Waals surface area contributed by atoms with E-state index >= 15 is 0 Å². The Morgan fingerprint density at radius 1 is 1.00 bits per heavy atom. The van der Waals surface area contributed by atoms with Crippen LogP contribution in [0, 0.1) is 0 Å². The van der Waals surface area contributed by atoms with Crippen molar-refractivity contribution in [3.63, 3.8) is 0 Å². The number of carbonyl (C=O) groups is 1. The van der Waals surface area contributed by atoms with Gasteiger partial charge in [-0.25, -0.2) is 4.79 Å². The van der Waals surface area contributed by atoms with E-state index in [0.29, 0.717) is 6.61 Å². The zero-order chi connectivity index (χ0) is 18.8. The maximum Gasteiger partial charge on any atom is 0.329 e. The van der Waals surface area contributed by atoms with Crippen LogP contribution in [0.4, 0.5) is 16.2 Å². The van der Waals surface area contributed by atoms with E-state index < -0.39 is 0 Å². The molecule has 2 aliphatic rings. The van der Waals surface area contributed by atoms with Crippen molar-refractivity contribution in [3.8, 4) is 0 Å². The number of hydrogen-bond donors (Lipinski definition) is 0. The Kier molecular flexibility index (Phi) is 6.60. The van der Waals surface area contributed by atoms with Crippen molar-refractivity contribution in [2.45, 2.75) is 19.4 Å². The fourth-order valence-electron chi connectivity index (χ4n) is 4.00. The number of nitrogens with zero attached hydrogens (tertiary/aromatic N) is 3. The number of ether oxygens (including phenoxy) is 1. The van der Waals surface area contributed by atoms with Crippen molar-refractivity contribution < 1.29 is 21.9 Å². The smallest absolute Gasteiger partial charge is 0.329 e. The van der Waals surface area contributed by atoms with Gasteiger partial charge in [-0.3, -0.25) is 4.90 Å². The van der Waals surface area contributed by atoms with Crippen molar-refractivity contribution in [3.05, 3.63) is 59.7 Å². The summed E-state index contributed by atoms with van der Waals surface area (Å²) in [5, 5.41) is 0. The normalized spacial score (nSPS) is 19.3. The SMILES string of the molecule is CCOC1Cc2ccccc2N(C(=O)N2CCN(C)CC2)c2ccccc21.[Cl-]. The van der Waals surface area contributed by atoms with Crippen LogP contribution in [0.2, 0.25) is 0 Å². The zero-order valence-electron chi connectivity index (χ0n) is 16.5. The highest BCUT2D eigenvalue weighted by Gasteiger charge is 2.33. The van der Waals surface area contributed by atoms with Crippen LogP contribution in [-0.2, 0) is 11.2 Å². The van der Waals surface area contributed by atoms with Crippen molar-refractivity contribution in [2.75, 3.05) is 44.7 Å². The molecule has 6 heteroatoms. The minimum atomic E-state index is -0.0439. The van der Waals surface area contributed by atoms with E-state index in [2.05, 4.69) is 30.1 Å². The molecule has 1 unspecified atom stereocenters. The number of rotatable bonds is 2. The topological polar surface area (TPSA) is 36.0 Å². The summed E-state index contributed by atoms with van der Waals surface area (Å²) < 4.78 is 6.08. The van der Waals surface area contributed by atoms with Crippen LogP contribution in [0.15, 0.2) is 48.5 Å². The van der Waals surface area contributed by atoms with Gasteiger partial charge < -0.3 is 26.9 Å². The molecule has 2 aromatic rings. The lowest BCUT2D eigenvalue weighted by molar-refractivity contribution is -0.0000113. The van der Waals surface area contributed by atoms with Gasteiger partial charge in [0.05, 0.1) is 17.5 Å². The number of para-hydroxylation sites is 2. The van der Waals surface area contributed by atoms with E-state index in [1.807, 2.05) is 47.1 Å². The Hall–Kier alpha value is -2.08. The molecule has 0 radical (unpaired) electrons. The van der Waals surface area contributed by atoms with E-state index in [4.69, 9.17) is 4.74 Å². The second-order valence-electron chi connectivity index (χ2n) is 7.24. The van der Waals surface area contributed by atoms with E-state index in [-0.39, 0.29) is 24.5 Å². The van der Waals surface area contributed by atoms with Crippen molar-refractivity contribution in [1.29, 1.82) is 0 Å². The summed E-state index contributed by atoms with van der Waals surface area (Å²) in [6.45, 7) is 5.99. The number of amides is 2. The maximum atomic E-state index is 13.6. The van der Waals surface area contributed by atoms with Crippen LogP contribution in [0.25, 0.3) is 0 Å². The van der Waals surface area contributed by atoms with Crippen LogP contribution in [0.3, 0.4) is 0 Å². The predicted octanol–water partition coefficient (Wildman–Crippen LogP) is 0.830. The Labute approximate surface area is 173 Å². The summed E-state index contributed by atoms with van der Waals surface area (Å²) >= 11 is 0. The molecule has 0 aliphatic carbocycles. The molecule has 5 nitrogen and oxygen atoms in total. The average molecular weight is 401 g/mol. The molecule has 2 aliphatic heterocycles. The van der Waals surface area contributed by atoms with Gasteiger partial charge in [0.25, 0.3) is 0 Å². The highest BCUT2D eigenvalue weighted by molar-refractivity contribution is 6.01. The summed E-state index contributed by atoms with van der Waals surface area (Å²) in [6.07, 6.45) is 0.728. The molecule has 28 heavy (non-hydrogen) atoms. The fraction of sp³-hybridized carbons (Fsp3) is 0.409. The largest absolute Gasteiger partial charge is 1.00 e. The Morgan fingerprint density at radius 2 is 1.64 bits per heavy atom. The summed E-state index contributed by atoms with van der Waals surface area (Å²) in [4.78, 5) is 19.7. The molecule has 4 rings (SSSR count). The molecule has 150 valence electrons. The number of likely N-dealkylation sites (N-methyl/N-ethyl adjacent to an activating group) is 1. The molecule has 0 aromatic heterocycles. The number of carbonyl (C=O) groups excluding carboxylic acids is 1. The highest BCUT2D eigenvalue weighted by Crippen LogP contribution is 2.42. The summed E-state index contributed by atoms with van der Waals surface area (Å²) in [6, 6.07) is 16.4. The lowest BCUT2D eigenvalue weighted by Crippen LogP contribution is -3.00. The van der Waals surface area contributed by atoms with Crippen molar-refractivity contribution in [1.82, 2.24) is 9.80 Å². The molecule has 2 heterocycles. The van der Waals surface area contributed by atoms with Crippen molar-refractivity contribution >= 4 is 17.4 Å². The fourth-order valence-corrected chi connectivity index (χ4v) is 4.00. The van der Waals surface area contributed by atoms with Crippen molar-refractivity contribution in [2.24, 2.45) is 0 Å². The first kappa shape index (κ1) is 20.6. The Bertz CT molecular complexity index is 821. The van der Waals surface area contributed by atoms with Crippen LogP contribution in [0.5, 0.6) is 0 Å². The van der Waals surface area contributed by atoms with Gasteiger partial charge in [0.2, 0.25) is 0 Å². The van der Waals surface area contributed by atoms with Gasteiger partial charge in [0.1, 0.15) is 0 Å². The van der Waals surface area contributed by atoms with Gasteiger partial charge in [0, 0.05) is 44.8 Å². The number of anilines is 2. The third kappa shape index (κ3) is 3.88. The average Bonchev–Trinajstić information content (AvgIpc) is 2.83. The van der Waals surface area contributed by atoms with E-state index in [1.165, 1.54) is 0 Å². The van der Waals surface area contributed by atoms with E-state index in [9.17, 15) is 4.79 Å². The van der Waals surface area contributed by atoms with E-state index in [1.54, 1.807) is 0 Å². The quantitative estimate of drug-likeness (QED) is 0.749. The monoisotopic (exact) mass is 400 g/mol. The van der Waals surface area contributed by atoms with Crippen LogP contribution >= 0.6 is 0 Å². The van der Waals surface area contributed by atoms with E-state index in [0.717, 1.165) is 55.1 Å². The third-order valence-corrected chi connectivity index (χ3v) is 5.50.